The fraction of sp³-hybridized carbons (Fsp3) is 0.900. The third kappa shape index (κ3) is 1.01. The number of fused-ring (bicyclic) bond motifs is 1. The van der Waals surface area contributed by atoms with Gasteiger partial charge in [-0.05, 0) is 25.2 Å². The molecule has 1 saturated heterocycles. The van der Waals surface area contributed by atoms with E-state index in [1.54, 1.807) is 0 Å². The number of epoxide rings is 1. The maximum atomic E-state index is 11.5. The van der Waals surface area contributed by atoms with Gasteiger partial charge >= 0.3 is 0 Å². The number of carbonyl (C=O) groups is 1. The van der Waals surface area contributed by atoms with Gasteiger partial charge in [0.25, 0.3) is 0 Å². The van der Waals surface area contributed by atoms with Crippen LogP contribution in [0.1, 0.15) is 39.5 Å². The molecule has 2 nitrogen and oxygen atoms in total. The van der Waals surface area contributed by atoms with E-state index in [1.807, 2.05) is 6.92 Å². The van der Waals surface area contributed by atoms with E-state index in [0.717, 1.165) is 25.2 Å². The molecule has 1 saturated carbocycles. The molecule has 2 rings (SSSR count). The molecule has 1 aliphatic carbocycles. The van der Waals surface area contributed by atoms with E-state index in [1.165, 1.54) is 0 Å². The van der Waals surface area contributed by atoms with E-state index in [2.05, 4.69) is 6.92 Å². The topological polar surface area (TPSA) is 29.6 Å². The molecule has 0 N–H and O–H groups in total. The summed E-state index contributed by atoms with van der Waals surface area (Å²) in [6.07, 6.45) is 4.11. The van der Waals surface area contributed by atoms with Crippen LogP contribution in [-0.2, 0) is 9.53 Å². The molecule has 12 heavy (non-hydrogen) atoms. The van der Waals surface area contributed by atoms with Crippen molar-refractivity contribution in [2.45, 2.75) is 51.2 Å². The summed E-state index contributed by atoms with van der Waals surface area (Å²) in [4.78, 5) is 11.5. The van der Waals surface area contributed by atoms with Crippen LogP contribution >= 0.6 is 0 Å². The number of carbonyl (C=O) groups excluding carboxylic acids is 1. The van der Waals surface area contributed by atoms with Gasteiger partial charge in [0.15, 0.2) is 11.4 Å². The van der Waals surface area contributed by atoms with Crippen LogP contribution < -0.4 is 0 Å². The lowest BCUT2D eigenvalue weighted by molar-refractivity contribution is -0.124. The van der Waals surface area contributed by atoms with Gasteiger partial charge in [0.05, 0.1) is 6.10 Å². The summed E-state index contributed by atoms with van der Waals surface area (Å²) in [6.45, 7) is 4.16. The highest BCUT2D eigenvalue weighted by Gasteiger charge is 2.62. The van der Waals surface area contributed by atoms with Crippen LogP contribution in [0.15, 0.2) is 0 Å². The zero-order valence-corrected chi connectivity index (χ0v) is 7.80. The van der Waals surface area contributed by atoms with Crippen LogP contribution in [0.2, 0.25) is 0 Å². The maximum Gasteiger partial charge on any atom is 0.167 e. The Morgan fingerprint density at radius 1 is 1.67 bits per heavy atom. The summed E-state index contributed by atoms with van der Waals surface area (Å²) >= 11 is 0. The number of Topliss-reactive ketones (excluding diaryl/α,β-unsaturated/α-hetero) is 1. The van der Waals surface area contributed by atoms with Gasteiger partial charge in [-0.2, -0.15) is 0 Å². The summed E-state index contributed by atoms with van der Waals surface area (Å²) in [5.74, 6) is 1.06. The van der Waals surface area contributed by atoms with Crippen LogP contribution in [0.4, 0.5) is 0 Å². The van der Waals surface area contributed by atoms with E-state index in [4.69, 9.17) is 4.74 Å². The quantitative estimate of drug-likeness (QED) is 0.589. The van der Waals surface area contributed by atoms with Crippen LogP contribution in [0, 0.1) is 5.92 Å². The molecule has 2 heteroatoms. The number of ether oxygens (including phenoxy) is 1. The standard InChI is InChI=1S/C10H16O2/c1-3-8(11)10-5-4-7(2)6-9(10)12-10/h7,9H,3-6H2,1-2H3/t7-,9-,10+/m1/s1. The monoisotopic (exact) mass is 168 g/mol. The van der Waals surface area contributed by atoms with E-state index in [9.17, 15) is 4.79 Å². The Labute approximate surface area is 73.3 Å². The second-order valence-electron chi connectivity index (χ2n) is 4.15. The molecule has 3 atom stereocenters. The predicted octanol–water partition coefficient (Wildman–Crippen LogP) is 1.92. The maximum absolute atomic E-state index is 11.5. The van der Waals surface area contributed by atoms with Crippen molar-refractivity contribution in [3.05, 3.63) is 0 Å². The van der Waals surface area contributed by atoms with Gasteiger partial charge in [-0.15, -0.1) is 0 Å². The Bertz CT molecular complexity index is 212. The van der Waals surface area contributed by atoms with Crippen molar-refractivity contribution in [1.82, 2.24) is 0 Å². The van der Waals surface area contributed by atoms with Crippen molar-refractivity contribution in [3.63, 3.8) is 0 Å². The first-order valence-corrected chi connectivity index (χ1v) is 4.90. The molecular weight excluding hydrogens is 152 g/mol. The van der Waals surface area contributed by atoms with Crippen LogP contribution in [0.25, 0.3) is 0 Å². The first-order chi connectivity index (χ1) is 5.69. The first-order valence-electron chi connectivity index (χ1n) is 4.90. The summed E-state index contributed by atoms with van der Waals surface area (Å²) in [5.41, 5.74) is -0.304. The zero-order chi connectivity index (χ0) is 8.77. The minimum atomic E-state index is -0.304. The number of ketones is 1. The fourth-order valence-corrected chi connectivity index (χ4v) is 2.31. The van der Waals surface area contributed by atoms with E-state index >= 15 is 0 Å². The number of hydrogen-bond acceptors (Lipinski definition) is 2. The molecule has 1 heterocycles. The third-order valence-corrected chi connectivity index (χ3v) is 3.23. The molecule has 0 radical (unpaired) electrons. The molecule has 0 amide bonds. The Balaban J connectivity index is 2.04. The normalized spacial score (nSPS) is 45.2. The molecule has 0 spiro atoms. The molecule has 0 unspecified atom stereocenters. The van der Waals surface area contributed by atoms with Gasteiger partial charge in [0.1, 0.15) is 0 Å². The molecule has 2 aliphatic rings. The van der Waals surface area contributed by atoms with Crippen molar-refractivity contribution in [3.8, 4) is 0 Å². The summed E-state index contributed by atoms with van der Waals surface area (Å²) in [5, 5.41) is 0. The number of hydrogen-bond donors (Lipinski definition) is 0. The molecular formula is C10H16O2. The smallest absolute Gasteiger partial charge is 0.167 e. The van der Waals surface area contributed by atoms with Gasteiger partial charge in [0.2, 0.25) is 0 Å². The Morgan fingerprint density at radius 3 is 3.00 bits per heavy atom. The van der Waals surface area contributed by atoms with Crippen LogP contribution in [-0.4, -0.2) is 17.5 Å². The Morgan fingerprint density at radius 2 is 2.42 bits per heavy atom. The SMILES string of the molecule is CCC(=O)[C@@]12CC[C@@H](C)C[C@H]1O2. The van der Waals surface area contributed by atoms with E-state index in [-0.39, 0.29) is 11.7 Å². The molecule has 0 bridgehead atoms. The van der Waals surface area contributed by atoms with Gasteiger partial charge in [0, 0.05) is 6.42 Å². The lowest BCUT2D eigenvalue weighted by Crippen LogP contribution is -2.31. The second-order valence-corrected chi connectivity index (χ2v) is 4.15. The molecule has 1 aliphatic heterocycles. The summed E-state index contributed by atoms with van der Waals surface area (Å²) < 4.78 is 5.54. The first kappa shape index (κ1) is 8.24. The highest BCUT2D eigenvalue weighted by Crippen LogP contribution is 2.50. The highest BCUT2D eigenvalue weighted by molar-refractivity contribution is 5.90. The Hall–Kier alpha value is -0.370. The molecule has 2 fully saturated rings. The molecule has 0 aromatic rings. The van der Waals surface area contributed by atoms with Crippen molar-refractivity contribution in [1.29, 1.82) is 0 Å². The van der Waals surface area contributed by atoms with Crippen LogP contribution in [0.3, 0.4) is 0 Å². The average Bonchev–Trinajstić information content (AvgIpc) is 2.78. The molecule has 68 valence electrons. The minimum absolute atomic E-state index is 0.272. The zero-order valence-electron chi connectivity index (χ0n) is 7.80. The van der Waals surface area contributed by atoms with Gasteiger partial charge in [-0.1, -0.05) is 13.8 Å². The van der Waals surface area contributed by atoms with Gasteiger partial charge in [-0.25, -0.2) is 0 Å². The Kier molecular flexibility index (Phi) is 1.76. The van der Waals surface area contributed by atoms with E-state index in [0.29, 0.717) is 12.2 Å². The molecule has 0 aromatic carbocycles. The van der Waals surface area contributed by atoms with E-state index < -0.39 is 0 Å². The lowest BCUT2D eigenvalue weighted by Gasteiger charge is -2.19. The highest BCUT2D eigenvalue weighted by atomic mass is 16.6. The molecule has 0 aromatic heterocycles. The van der Waals surface area contributed by atoms with Crippen LogP contribution in [0.5, 0.6) is 0 Å². The summed E-state index contributed by atoms with van der Waals surface area (Å²) in [6, 6.07) is 0. The minimum Gasteiger partial charge on any atom is -0.358 e. The van der Waals surface area contributed by atoms with Crippen molar-refractivity contribution in [2.75, 3.05) is 0 Å². The third-order valence-electron chi connectivity index (χ3n) is 3.23. The van der Waals surface area contributed by atoms with Crippen molar-refractivity contribution in [2.24, 2.45) is 5.92 Å². The van der Waals surface area contributed by atoms with Crippen molar-refractivity contribution < 1.29 is 9.53 Å². The largest absolute Gasteiger partial charge is 0.358 e. The predicted molar refractivity (Wildman–Crippen MR) is 45.9 cm³/mol. The number of rotatable bonds is 2. The van der Waals surface area contributed by atoms with Gasteiger partial charge in [-0.3, -0.25) is 4.79 Å². The lowest BCUT2D eigenvalue weighted by atomic mass is 9.80. The fourth-order valence-electron chi connectivity index (χ4n) is 2.31. The second kappa shape index (κ2) is 2.56. The van der Waals surface area contributed by atoms with Crippen molar-refractivity contribution >= 4 is 5.78 Å². The van der Waals surface area contributed by atoms with Gasteiger partial charge < -0.3 is 4.74 Å². The summed E-state index contributed by atoms with van der Waals surface area (Å²) in [7, 11) is 0. The average molecular weight is 168 g/mol.